The van der Waals surface area contributed by atoms with Crippen molar-refractivity contribution in [1.82, 2.24) is 0 Å². The van der Waals surface area contributed by atoms with Crippen molar-refractivity contribution in [2.45, 2.75) is 6.42 Å². The molecular formula is C20H21NO5. The first-order chi connectivity index (χ1) is 12.7. The van der Waals surface area contributed by atoms with Gasteiger partial charge in [-0.25, -0.2) is 0 Å². The number of methoxy groups -OCH3 is 2. The van der Waals surface area contributed by atoms with Crippen LogP contribution in [0.3, 0.4) is 0 Å². The second-order valence-corrected chi connectivity index (χ2v) is 5.68. The van der Waals surface area contributed by atoms with Gasteiger partial charge in [0.2, 0.25) is 5.91 Å². The van der Waals surface area contributed by atoms with Crippen molar-refractivity contribution in [2.24, 2.45) is 0 Å². The second-order valence-electron chi connectivity index (χ2n) is 5.68. The van der Waals surface area contributed by atoms with Crippen molar-refractivity contribution in [3.8, 4) is 23.0 Å². The molecule has 136 valence electrons. The van der Waals surface area contributed by atoms with E-state index in [1.54, 1.807) is 44.6 Å². The van der Waals surface area contributed by atoms with Crippen LogP contribution in [0, 0.1) is 0 Å². The molecule has 0 radical (unpaired) electrons. The van der Waals surface area contributed by atoms with Gasteiger partial charge in [0, 0.05) is 30.3 Å². The third-order valence-corrected chi connectivity index (χ3v) is 3.82. The number of hydrogen-bond acceptors (Lipinski definition) is 5. The van der Waals surface area contributed by atoms with Gasteiger partial charge in [-0.05, 0) is 35.9 Å². The molecule has 0 atom stereocenters. The molecule has 26 heavy (non-hydrogen) atoms. The normalized spacial score (nSPS) is 13.2. The Labute approximate surface area is 152 Å². The van der Waals surface area contributed by atoms with Gasteiger partial charge < -0.3 is 24.3 Å². The number of fused-ring (bicyclic) bond motifs is 1. The number of rotatable bonds is 5. The van der Waals surface area contributed by atoms with Crippen LogP contribution in [0.25, 0.3) is 6.08 Å². The summed E-state index contributed by atoms with van der Waals surface area (Å²) in [5.41, 5.74) is 1.45. The maximum Gasteiger partial charge on any atom is 0.248 e. The molecule has 3 rings (SSSR count). The summed E-state index contributed by atoms with van der Waals surface area (Å²) in [5.74, 6) is 2.40. The average molecular weight is 355 g/mol. The molecule has 1 amide bonds. The largest absolute Gasteiger partial charge is 0.497 e. The molecular weight excluding hydrogens is 334 g/mol. The second kappa shape index (κ2) is 8.29. The highest BCUT2D eigenvalue weighted by molar-refractivity contribution is 6.02. The first-order valence-electron chi connectivity index (χ1n) is 8.30. The van der Waals surface area contributed by atoms with Crippen molar-refractivity contribution in [3.63, 3.8) is 0 Å². The van der Waals surface area contributed by atoms with Crippen LogP contribution in [-0.4, -0.2) is 33.3 Å². The van der Waals surface area contributed by atoms with E-state index in [9.17, 15) is 4.79 Å². The molecule has 0 saturated heterocycles. The van der Waals surface area contributed by atoms with E-state index in [0.29, 0.717) is 41.9 Å². The van der Waals surface area contributed by atoms with Gasteiger partial charge in [-0.1, -0.05) is 0 Å². The van der Waals surface area contributed by atoms with Crippen LogP contribution in [-0.2, 0) is 4.79 Å². The monoisotopic (exact) mass is 355 g/mol. The van der Waals surface area contributed by atoms with Crippen molar-refractivity contribution >= 4 is 17.7 Å². The quantitative estimate of drug-likeness (QED) is 0.832. The van der Waals surface area contributed by atoms with Gasteiger partial charge in [0.1, 0.15) is 11.5 Å². The van der Waals surface area contributed by atoms with Crippen molar-refractivity contribution in [3.05, 3.63) is 48.0 Å². The summed E-state index contributed by atoms with van der Waals surface area (Å²) >= 11 is 0. The van der Waals surface area contributed by atoms with Gasteiger partial charge in [-0.15, -0.1) is 0 Å². The van der Waals surface area contributed by atoms with Crippen LogP contribution in [0.5, 0.6) is 23.0 Å². The van der Waals surface area contributed by atoms with E-state index < -0.39 is 0 Å². The zero-order valence-corrected chi connectivity index (χ0v) is 14.8. The Hall–Kier alpha value is -3.15. The Balaban J connectivity index is 1.69. The summed E-state index contributed by atoms with van der Waals surface area (Å²) in [5, 5.41) is 2.82. The molecule has 0 aromatic heterocycles. The lowest BCUT2D eigenvalue weighted by molar-refractivity contribution is -0.111. The summed E-state index contributed by atoms with van der Waals surface area (Å²) in [6, 6.07) is 10.8. The van der Waals surface area contributed by atoms with Crippen LogP contribution in [0.4, 0.5) is 5.69 Å². The number of nitrogens with one attached hydrogen (secondary N) is 1. The summed E-state index contributed by atoms with van der Waals surface area (Å²) in [6.07, 6.45) is 3.99. The number of carbonyl (C=O) groups is 1. The number of benzene rings is 2. The van der Waals surface area contributed by atoms with Gasteiger partial charge in [0.25, 0.3) is 0 Å². The number of anilines is 1. The molecule has 0 aliphatic carbocycles. The van der Waals surface area contributed by atoms with E-state index in [-0.39, 0.29) is 5.91 Å². The Morgan fingerprint density at radius 2 is 1.69 bits per heavy atom. The van der Waals surface area contributed by atoms with Gasteiger partial charge in [-0.3, -0.25) is 4.79 Å². The van der Waals surface area contributed by atoms with Crippen molar-refractivity contribution < 1.29 is 23.7 Å². The van der Waals surface area contributed by atoms with E-state index in [1.807, 2.05) is 12.1 Å². The molecule has 0 saturated carbocycles. The molecule has 2 aromatic carbocycles. The maximum absolute atomic E-state index is 12.2. The first-order valence-corrected chi connectivity index (χ1v) is 8.30. The van der Waals surface area contributed by atoms with Gasteiger partial charge in [0.05, 0.1) is 27.4 Å². The summed E-state index contributed by atoms with van der Waals surface area (Å²) in [7, 11) is 3.16. The van der Waals surface area contributed by atoms with Crippen molar-refractivity contribution in [1.29, 1.82) is 0 Å². The predicted molar refractivity (Wildman–Crippen MR) is 99.3 cm³/mol. The number of ether oxygens (including phenoxy) is 4. The lowest BCUT2D eigenvalue weighted by Crippen LogP contribution is -2.08. The molecule has 0 unspecified atom stereocenters. The zero-order valence-electron chi connectivity index (χ0n) is 14.8. The Morgan fingerprint density at radius 3 is 2.38 bits per heavy atom. The molecule has 1 aliphatic heterocycles. The lowest BCUT2D eigenvalue weighted by Gasteiger charge is -2.09. The fourth-order valence-electron chi connectivity index (χ4n) is 2.52. The topological polar surface area (TPSA) is 66.0 Å². The highest BCUT2D eigenvalue weighted by Crippen LogP contribution is 2.32. The highest BCUT2D eigenvalue weighted by Gasteiger charge is 2.11. The zero-order chi connectivity index (χ0) is 18.4. The minimum absolute atomic E-state index is 0.249. The molecule has 1 N–H and O–H groups in total. The van der Waals surface area contributed by atoms with E-state index >= 15 is 0 Å². The standard InChI is InChI=1S/C20H21NO5/c1-23-16-10-14(11-17(13-16)24-2)4-7-20(22)21-15-5-6-18-19(12-15)26-9-3-8-25-18/h4-7,10-13H,3,8-9H2,1-2H3,(H,21,22)/b7-4+. The van der Waals surface area contributed by atoms with Crippen LogP contribution in [0.2, 0.25) is 0 Å². The van der Waals surface area contributed by atoms with Crippen LogP contribution < -0.4 is 24.3 Å². The summed E-state index contributed by atoms with van der Waals surface area (Å²) in [4.78, 5) is 12.2. The highest BCUT2D eigenvalue weighted by atomic mass is 16.5. The molecule has 2 aromatic rings. The average Bonchev–Trinajstić information content (AvgIpc) is 2.91. The Kier molecular flexibility index (Phi) is 5.63. The van der Waals surface area contributed by atoms with E-state index in [2.05, 4.69) is 5.32 Å². The minimum atomic E-state index is -0.249. The summed E-state index contributed by atoms with van der Waals surface area (Å²) < 4.78 is 21.7. The minimum Gasteiger partial charge on any atom is -0.497 e. The molecule has 0 spiro atoms. The molecule has 0 bridgehead atoms. The first kappa shape index (κ1) is 17.7. The van der Waals surface area contributed by atoms with E-state index in [0.717, 1.165) is 12.0 Å². The Morgan fingerprint density at radius 1 is 1.00 bits per heavy atom. The fraction of sp³-hybridized carbons (Fsp3) is 0.250. The van der Waals surface area contributed by atoms with Crippen molar-refractivity contribution in [2.75, 3.05) is 32.8 Å². The predicted octanol–water partition coefficient (Wildman–Crippen LogP) is 3.52. The SMILES string of the molecule is COc1cc(/C=C/C(=O)Nc2ccc3c(c2)OCCCO3)cc(OC)c1. The third-order valence-electron chi connectivity index (χ3n) is 3.82. The Bertz CT molecular complexity index is 794. The maximum atomic E-state index is 12.2. The number of carbonyl (C=O) groups excluding carboxylic acids is 1. The molecule has 1 heterocycles. The fourth-order valence-corrected chi connectivity index (χ4v) is 2.52. The number of amides is 1. The van der Waals surface area contributed by atoms with E-state index in [4.69, 9.17) is 18.9 Å². The smallest absolute Gasteiger partial charge is 0.248 e. The molecule has 6 heteroatoms. The lowest BCUT2D eigenvalue weighted by atomic mass is 10.2. The van der Waals surface area contributed by atoms with Gasteiger partial charge in [0.15, 0.2) is 11.5 Å². The van der Waals surface area contributed by atoms with E-state index in [1.165, 1.54) is 6.08 Å². The molecule has 1 aliphatic rings. The van der Waals surface area contributed by atoms with Crippen LogP contribution in [0.15, 0.2) is 42.5 Å². The number of hydrogen-bond donors (Lipinski definition) is 1. The summed E-state index contributed by atoms with van der Waals surface area (Å²) in [6.45, 7) is 1.23. The van der Waals surface area contributed by atoms with Crippen LogP contribution in [0.1, 0.15) is 12.0 Å². The molecule has 0 fully saturated rings. The third kappa shape index (κ3) is 4.47. The van der Waals surface area contributed by atoms with Gasteiger partial charge in [-0.2, -0.15) is 0 Å². The van der Waals surface area contributed by atoms with Gasteiger partial charge >= 0.3 is 0 Å². The van der Waals surface area contributed by atoms with Crippen LogP contribution >= 0.6 is 0 Å². The molecule has 6 nitrogen and oxygen atoms in total.